The fourth-order valence-electron chi connectivity index (χ4n) is 2.11. The molecule has 0 saturated heterocycles. The Kier molecular flexibility index (Phi) is 8.05. The zero-order valence-electron chi connectivity index (χ0n) is 14.2. The maximum atomic E-state index is 11.2. The zero-order valence-corrected chi connectivity index (χ0v) is 15.0. The molecule has 6 nitrogen and oxygen atoms in total. The summed E-state index contributed by atoms with van der Waals surface area (Å²) in [5.41, 5.74) is 0.928. The van der Waals surface area contributed by atoms with Gasteiger partial charge in [-0.15, -0.1) is 0 Å². The first kappa shape index (κ1) is 19.4. The molecule has 0 heterocycles. The van der Waals surface area contributed by atoms with Crippen LogP contribution in [-0.4, -0.2) is 27.5 Å². The molecule has 23 heavy (non-hydrogen) atoms. The lowest BCUT2D eigenvalue weighted by Crippen LogP contribution is -2.39. The third-order valence-corrected chi connectivity index (χ3v) is 4.66. The van der Waals surface area contributed by atoms with E-state index in [4.69, 9.17) is 5.14 Å². The molecule has 0 fully saturated rings. The Bertz CT molecular complexity index is 593. The first-order chi connectivity index (χ1) is 10.9. The summed E-state index contributed by atoms with van der Waals surface area (Å²) in [6.45, 7) is 8.56. The summed E-state index contributed by atoms with van der Waals surface area (Å²) in [6, 6.07) is 6.47. The number of nitrogens with two attached hydrogens (primary N) is 1. The summed E-state index contributed by atoms with van der Waals surface area (Å²) in [5, 5.41) is 11.7. The number of hydrogen-bond donors (Lipinski definition) is 3. The van der Waals surface area contributed by atoms with Gasteiger partial charge in [0.25, 0.3) is 0 Å². The highest BCUT2D eigenvalue weighted by Gasteiger charge is 2.07. The van der Waals surface area contributed by atoms with Crippen LogP contribution in [0.3, 0.4) is 0 Å². The molecule has 0 atom stereocenters. The highest BCUT2D eigenvalue weighted by Crippen LogP contribution is 2.09. The predicted molar refractivity (Wildman–Crippen MR) is 94.7 cm³/mol. The summed E-state index contributed by atoms with van der Waals surface area (Å²) >= 11 is 0. The van der Waals surface area contributed by atoms with Gasteiger partial charge in [-0.25, -0.2) is 18.5 Å². The van der Waals surface area contributed by atoms with Gasteiger partial charge in [0.1, 0.15) is 0 Å². The third kappa shape index (κ3) is 7.00. The minimum atomic E-state index is -3.64. The van der Waals surface area contributed by atoms with Crippen LogP contribution in [0.15, 0.2) is 34.2 Å². The summed E-state index contributed by atoms with van der Waals surface area (Å²) in [4.78, 5) is 4.64. The number of rotatable bonds is 8. The van der Waals surface area contributed by atoms with Crippen molar-refractivity contribution in [1.29, 1.82) is 0 Å². The van der Waals surface area contributed by atoms with Crippen molar-refractivity contribution in [3.63, 3.8) is 0 Å². The van der Waals surface area contributed by atoms with E-state index in [1.54, 1.807) is 12.1 Å². The van der Waals surface area contributed by atoms with Gasteiger partial charge in [-0.3, -0.25) is 0 Å². The maximum Gasteiger partial charge on any atom is 0.238 e. The van der Waals surface area contributed by atoms with E-state index >= 15 is 0 Å². The zero-order chi connectivity index (χ0) is 17.3. The Morgan fingerprint density at radius 3 is 2.22 bits per heavy atom. The van der Waals surface area contributed by atoms with Crippen molar-refractivity contribution in [2.75, 3.05) is 13.1 Å². The molecule has 0 aliphatic rings. The number of benzene rings is 1. The summed E-state index contributed by atoms with van der Waals surface area (Å²) in [6.07, 6.45) is 2.27. The number of primary sulfonamides is 1. The number of hydrogen-bond acceptors (Lipinski definition) is 3. The molecule has 4 N–H and O–H groups in total. The van der Waals surface area contributed by atoms with Gasteiger partial charge in [-0.2, -0.15) is 0 Å². The normalized spacial score (nSPS) is 12.5. The van der Waals surface area contributed by atoms with Crippen molar-refractivity contribution < 1.29 is 8.42 Å². The Labute approximate surface area is 139 Å². The molecule has 0 saturated carbocycles. The highest BCUT2D eigenvalue weighted by atomic mass is 32.2. The van der Waals surface area contributed by atoms with Gasteiger partial charge in [0.15, 0.2) is 5.96 Å². The average Bonchev–Trinajstić information content (AvgIpc) is 2.53. The molecule has 1 aromatic rings. The molecule has 0 bridgehead atoms. The van der Waals surface area contributed by atoms with Gasteiger partial charge in [0, 0.05) is 13.1 Å². The fraction of sp³-hybridized carbons (Fsp3) is 0.562. The van der Waals surface area contributed by atoms with Crippen LogP contribution in [0.1, 0.15) is 39.2 Å². The molecule has 0 amide bonds. The monoisotopic (exact) mass is 340 g/mol. The first-order valence-electron chi connectivity index (χ1n) is 8.04. The van der Waals surface area contributed by atoms with Crippen LogP contribution in [0.25, 0.3) is 0 Å². The Morgan fingerprint density at radius 1 is 1.13 bits per heavy atom. The van der Waals surface area contributed by atoms with Gasteiger partial charge >= 0.3 is 0 Å². The molecule has 130 valence electrons. The van der Waals surface area contributed by atoms with Crippen molar-refractivity contribution in [3.8, 4) is 0 Å². The van der Waals surface area contributed by atoms with Crippen molar-refractivity contribution >= 4 is 16.0 Å². The number of guanidine groups is 1. The van der Waals surface area contributed by atoms with Crippen LogP contribution in [0, 0.1) is 5.92 Å². The minimum Gasteiger partial charge on any atom is -0.357 e. The van der Waals surface area contributed by atoms with Gasteiger partial charge in [0.2, 0.25) is 10.0 Å². The van der Waals surface area contributed by atoms with Crippen molar-refractivity contribution in [2.24, 2.45) is 16.0 Å². The Hall–Kier alpha value is -1.60. The molecule has 0 unspecified atom stereocenters. The standard InChI is InChI=1S/C16H28N4O2S/c1-4-13(5-2)11-19-16(18-6-3)20-12-14-7-9-15(10-8-14)23(17,21)22/h7-10,13H,4-6,11-12H2,1-3H3,(H2,17,21,22)(H2,18,19,20). The molecule has 0 aromatic heterocycles. The SMILES string of the molecule is CCNC(=NCc1ccc(S(N)(=O)=O)cc1)NCC(CC)CC. The quantitative estimate of drug-likeness (QED) is 0.497. The second-order valence-corrected chi connectivity index (χ2v) is 7.01. The van der Waals surface area contributed by atoms with Crippen LogP contribution < -0.4 is 15.8 Å². The largest absolute Gasteiger partial charge is 0.357 e. The lowest BCUT2D eigenvalue weighted by molar-refractivity contribution is 0.481. The fourth-order valence-corrected chi connectivity index (χ4v) is 2.63. The molecule has 0 radical (unpaired) electrons. The molecule has 0 spiro atoms. The second-order valence-electron chi connectivity index (χ2n) is 5.45. The number of sulfonamides is 1. The van der Waals surface area contributed by atoms with Gasteiger partial charge < -0.3 is 10.6 Å². The lowest BCUT2D eigenvalue weighted by Gasteiger charge is -2.16. The Balaban J connectivity index is 2.69. The van der Waals surface area contributed by atoms with Crippen LogP contribution in [0.4, 0.5) is 0 Å². The van der Waals surface area contributed by atoms with Gasteiger partial charge in [-0.1, -0.05) is 38.8 Å². The lowest BCUT2D eigenvalue weighted by atomic mass is 10.0. The molecule has 1 aromatic carbocycles. The van der Waals surface area contributed by atoms with Crippen LogP contribution in [-0.2, 0) is 16.6 Å². The molecule has 1 rings (SSSR count). The summed E-state index contributed by atoms with van der Waals surface area (Å²) in [7, 11) is -3.64. The van der Waals surface area contributed by atoms with Crippen LogP contribution >= 0.6 is 0 Å². The van der Waals surface area contributed by atoms with E-state index in [9.17, 15) is 8.42 Å². The van der Waals surface area contributed by atoms with E-state index < -0.39 is 10.0 Å². The Morgan fingerprint density at radius 2 is 1.74 bits per heavy atom. The molecular formula is C16H28N4O2S. The maximum absolute atomic E-state index is 11.2. The summed E-state index contributed by atoms with van der Waals surface area (Å²) < 4.78 is 22.5. The number of aliphatic imine (C=N–C) groups is 1. The molecule has 0 aliphatic heterocycles. The van der Waals surface area contributed by atoms with E-state index in [0.717, 1.165) is 37.5 Å². The van der Waals surface area contributed by atoms with Gasteiger partial charge in [-0.05, 0) is 30.5 Å². The second kappa shape index (κ2) is 9.52. The number of nitrogens with zero attached hydrogens (tertiary/aromatic N) is 1. The summed E-state index contributed by atoms with van der Waals surface area (Å²) in [5.74, 6) is 1.41. The molecule has 7 heteroatoms. The van der Waals surface area contributed by atoms with Crippen LogP contribution in [0.5, 0.6) is 0 Å². The van der Waals surface area contributed by atoms with Crippen LogP contribution in [0.2, 0.25) is 0 Å². The van der Waals surface area contributed by atoms with Gasteiger partial charge in [0.05, 0.1) is 11.4 Å². The predicted octanol–water partition coefficient (Wildman–Crippen LogP) is 1.83. The van der Waals surface area contributed by atoms with Crippen molar-refractivity contribution in [2.45, 2.75) is 45.1 Å². The topological polar surface area (TPSA) is 96.6 Å². The smallest absolute Gasteiger partial charge is 0.238 e. The third-order valence-electron chi connectivity index (χ3n) is 3.73. The van der Waals surface area contributed by atoms with Crippen molar-refractivity contribution in [3.05, 3.63) is 29.8 Å². The van der Waals surface area contributed by atoms with E-state index in [1.807, 2.05) is 6.92 Å². The highest BCUT2D eigenvalue weighted by molar-refractivity contribution is 7.89. The van der Waals surface area contributed by atoms with E-state index in [-0.39, 0.29) is 4.90 Å². The first-order valence-corrected chi connectivity index (χ1v) is 9.59. The minimum absolute atomic E-state index is 0.115. The number of nitrogens with one attached hydrogen (secondary N) is 2. The van der Waals surface area contributed by atoms with E-state index in [1.165, 1.54) is 12.1 Å². The van der Waals surface area contributed by atoms with E-state index in [0.29, 0.717) is 12.5 Å². The van der Waals surface area contributed by atoms with Crippen molar-refractivity contribution in [1.82, 2.24) is 10.6 Å². The molecular weight excluding hydrogens is 312 g/mol. The average molecular weight is 340 g/mol. The van der Waals surface area contributed by atoms with E-state index in [2.05, 4.69) is 29.5 Å². The molecule has 0 aliphatic carbocycles.